The van der Waals surface area contributed by atoms with Gasteiger partial charge >= 0.3 is 5.97 Å². The van der Waals surface area contributed by atoms with Crippen molar-refractivity contribution >= 4 is 34.1 Å². The number of hydrogen-bond donors (Lipinski definition) is 3. The molecular formula is C18H28N3O4S+. The van der Waals surface area contributed by atoms with Crippen molar-refractivity contribution in [2.45, 2.75) is 39.5 Å². The Hall–Kier alpha value is -1.93. The lowest BCUT2D eigenvalue weighted by Crippen LogP contribution is -3.11. The molecule has 0 fully saturated rings. The van der Waals surface area contributed by atoms with E-state index in [0.29, 0.717) is 23.7 Å². The number of hydrogen-bond acceptors (Lipinski definition) is 5. The maximum atomic E-state index is 12.4. The fraction of sp³-hybridized carbons (Fsp3) is 0.611. The van der Waals surface area contributed by atoms with Gasteiger partial charge < -0.3 is 20.3 Å². The monoisotopic (exact) mass is 382 g/mol. The molecule has 7 nitrogen and oxygen atoms in total. The van der Waals surface area contributed by atoms with E-state index in [4.69, 9.17) is 4.74 Å². The van der Waals surface area contributed by atoms with Crippen molar-refractivity contribution in [3.05, 3.63) is 16.0 Å². The van der Waals surface area contributed by atoms with Crippen LogP contribution >= 0.6 is 11.3 Å². The molecule has 0 saturated heterocycles. The number of carbonyl (C=O) groups is 3. The molecule has 26 heavy (non-hydrogen) atoms. The summed E-state index contributed by atoms with van der Waals surface area (Å²) >= 11 is 1.46. The van der Waals surface area contributed by atoms with Crippen LogP contribution in [0.25, 0.3) is 0 Å². The fourth-order valence-corrected chi connectivity index (χ4v) is 4.31. The third kappa shape index (κ3) is 5.28. The fourth-order valence-electron chi connectivity index (χ4n) is 3.02. The van der Waals surface area contributed by atoms with Crippen molar-refractivity contribution in [1.82, 2.24) is 5.32 Å². The molecule has 0 radical (unpaired) electrons. The van der Waals surface area contributed by atoms with Gasteiger partial charge in [0.25, 0.3) is 11.8 Å². The predicted octanol–water partition coefficient (Wildman–Crippen LogP) is 0.393. The molecule has 0 bridgehead atoms. The standard InChI is InChI=1S/C18H27N3O4S/c1-4-9-19-14(22)10-21(3)11-15(23)20-17-16(18(24)25-5-2)12-7-6-8-13(12)26-17/h4-11H2,1-3H3,(H,19,22)(H,20,23)/p+1. The predicted molar refractivity (Wildman–Crippen MR) is 101 cm³/mol. The van der Waals surface area contributed by atoms with E-state index in [1.165, 1.54) is 11.3 Å². The summed E-state index contributed by atoms with van der Waals surface area (Å²) in [5.74, 6) is -0.655. The van der Waals surface area contributed by atoms with Crippen LogP contribution in [-0.2, 0) is 27.2 Å². The molecule has 1 aliphatic rings. The van der Waals surface area contributed by atoms with Gasteiger partial charge in [0.2, 0.25) is 0 Å². The molecule has 2 rings (SSSR count). The number of carbonyl (C=O) groups excluding carboxylic acids is 3. The Morgan fingerprint density at radius 1 is 1.15 bits per heavy atom. The second kappa shape index (κ2) is 9.68. The van der Waals surface area contributed by atoms with Gasteiger partial charge in [-0.15, -0.1) is 11.3 Å². The van der Waals surface area contributed by atoms with Crippen LogP contribution in [0.1, 0.15) is 47.5 Å². The summed E-state index contributed by atoms with van der Waals surface area (Å²) in [5.41, 5.74) is 1.53. The van der Waals surface area contributed by atoms with Crippen molar-refractivity contribution in [3.8, 4) is 0 Å². The molecule has 1 heterocycles. The van der Waals surface area contributed by atoms with E-state index >= 15 is 0 Å². The SMILES string of the molecule is CCCNC(=O)C[NH+](C)CC(=O)Nc1sc2c(c1C(=O)OCC)CCC2. The summed E-state index contributed by atoms with van der Waals surface area (Å²) in [6.07, 6.45) is 3.69. The number of anilines is 1. The average molecular weight is 383 g/mol. The normalized spacial score (nSPS) is 13.8. The molecule has 3 N–H and O–H groups in total. The van der Waals surface area contributed by atoms with Crippen LogP contribution in [0.3, 0.4) is 0 Å². The van der Waals surface area contributed by atoms with Gasteiger partial charge in [-0.3, -0.25) is 9.59 Å². The molecule has 0 saturated carbocycles. The van der Waals surface area contributed by atoms with E-state index in [0.717, 1.165) is 41.0 Å². The van der Waals surface area contributed by atoms with E-state index in [1.54, 1.807) is 14.0 Å². The summed E-state index contributed by atoms with van der Waals surface area (Å²) in [6, 6.07) is 0. The number of thiophene rings is 1. The Morgan fingerprint density at radius 3 is 2.58 bits per heavy atom. The van der Waals surface area contributed by atoms with E-state index in [-0.39, 0.29) is 30.9 Å². The highest BCUT2D eigenvalue weighted by molar-refractivity contribution is 7.17. The second-order valence-electron chi connectivity index (χ2n) is 6.49. The quantitative estimate of drug-likeness (QED) is 0.539. The number of quaternary nitrogens is 1. The van der Waals surface area contributed by atoms with Gasteiger partial charge in [-0.05, 0) is 38.2 Å². The molecule has 0 aromatic carbocycles. The molecule has 0 aliphatic heterocycles. The minimum Gasteiger partial charge on any atom is -0.462 e. The van der Waals surface area contributed by atoms with Crippen molar-refractivity contribution in [1.29, 1.82) is 0 Å². The highest BCUT2D eigenvalue weighted by Gasteiger charge is 2.28. The average Bonchev–Trinajstić information content (AvgIpc) is 3.13. The minimum atomic E-state index is -0.373. The smallest absolute Gasteiger partial charge is 0.341 e. The summed E-state index contributed by atoms with van der Waals surface area (Å²) in [7, 11) is 1.80. The molecule has 8 heteroatoms. The Balaban J connectivity index is 1.98. The molecule has 144 valence electrons. The van der Waals surface area contributed by atoms with Gasteiger partial charge in [0.05, 0.1) is 19.2 Å². The highest BCUT2D eigenvalue weighted by Crippen LogP contribution is 2.39. The first-order chi connectivity index (χ1) is 12.5. The topological polar surface area (TPSA) is 88.9 Å². The number of esters is 1. The van der Waals surface area contributed by atoms with E-state index in [9.17, 15) is 14.4 Å². The van der Waals surface area contributed by atoms with E-state index < -0.39 is 0 Å². The molecule has 1 unspecified atom stereocenters. The van der Waals surface area contributed by atoms with Crippen LogP contribution in [0.4, 0.5) is 5.00 Å². The maximum absolute atomic E-state index is 12.4. The Labute approximate surface area is 158 Å². The van der Waals surface area contributed by atoms with E-state index in [2.05, 4.69) is 10.6 Å². The van der Waals surface area contributed by atoms with Crippen molar-refractivity contribution in [2.24, 2.45) is 0 Å². The molecule has 1 atom stereocenters. The first kappa shape index (κ1) is 20.4. The second-order valence-corrected chi connectivity index (χ2v) is 7.60. The number of aryl methyl sites for hydroxylation is 1. The number of amides is 2. The zero-order valence-corrected chi connectivity index (χ0v) is 16.5. The van der Waals surface area contributed by atoms with Crippen LogP contribution in [0.5, 0.6) is 0 Å². The van der Waals surface area contributed by atoms with Crippen LogP contribution in [-0.4, -0.2) is 51.1 Å². The largest absolute Gasteiger partial charge is 0.462 e. The zero-order chi connectivity index (χ0) is 19.1. The maximum Gasteiger partial charge on any atom is 0.341 e. The highest BCUT2D eigenvalue weighted by atomic mass is 32.1. The lowest BCUT2D eigenvalue weighted by molar-refractivity contribution is -0.862. The third-order valence-corrected chi connectivity index (χ3v) is 5.36. The molecule has 1 aromatic rings. The Kier molecular flexibility index (Phi) is 7.59. The first-order valence-corrected chi connectivity index (χ1v) is 9.97. The molecule has 1 aliphatic carbocycles. The van der Waals surface area contributed by atoms with Crippen LogP contribution in [0, 0.1) is 0 Å². The summed E-state index contributed by atoms with van der Waals surface area (Å²) in [4.78, 5) is 38.4. The number of nitrogens with one attached hydrogen (secondary N) is 3. The van der Waals surface area contributed by atoms with Gasteiger partial charge in [-0.1, -0.05) is 6.92 Å². The van der Waals surface area contributed by atoms with E-state index in [1.807, 2.05) is 6.92 Å². The molecule has 2 amide bonds. The van der Waals surface area contributed by atoms with Crippen LogP contribution in [0.15, 0.2) is 0 Å². The molecular weight excluding hydrogens is 354 g/mol. The lowest BCUT2D eigenvalue weighted by Gasteiger charge is -2.13. The summed E-state index contributed by atoms with van der Waals surface area (Å²) in [5, 5.41) is 6.22. The lowest BCUT2D eigenvalue weighted by atomic mass is 10.1. The van der Waals surface area contributed by atoms with Gasteiger partial charge in [-0.2, -0.15) is 0 Å². The van der Waals surface area contributed by atoms with Crippen LogP contribution in [0.2, 0.25) is 0 Å². The third-order valence-electron chi connectivity index (χ3n) is 4.15. The number of rotatable bonds is 9. The summed E-state index contributed by atoms with van der Waals surface area (Å²) in [6.45, 7) is 5.09. The minimum absolute atomic E-state index is 0.0699. The zero-order valence-electron chi connectivity index (χ0n) is 15.7. The Morgan fingerprint density at radius 2 is 1.88 bits per heavy atom. The number of ether oxygens (including phenoxy) is 1. The molecule has 0 spiro atoms. The van der Waals surface area contributed by atoms with Gasteiger partial charge in [0, 0.05) is 11.4 Å². The number of likely N-dealkylation sites (N-methyl/N-ethyl adjacent to an activating group) is 1. The molecule has 1 aromatic heterocycles. The van der Waals surface area contributed by atoms with Gasteiger partial charge in [0.15, 0.2) is 13.1 Å². The van der Waals surface area contributed by atoms with Gasteiger partial charge in [-0.25, -0.2) is 4.79 Å². The van der Waals surface area contributed by atoms with Crippen molar-refractivity contribution < 1.29 is 24.0 Å². The van der Waals surface area contributed by atoms with Crippen LogP contribution < -0.4 is 15.5 Å². The first-order valence-electron chi connectivity index (χ1n) is 9.15. The van der Waals surface area contributed by atoms with Crippen molar-refractivity contribution in [3.63, 3.8) is 0 Å². The van der Waals surface area contributed by atoms with Gasteiger partial charge in [0.1, 0.15) is 5.00 Å². The Bertz CT molecular complexity index is 672. The summed E-state index contributed by atoms with van der Waals surface area (Å²) < 4.78 is 5.16. The number of fused-ring (bicyclic) bond motifs is 1. The van der Waals surface area contributed by atoms with Crippen molar-refractivity contribution in [2.75, 3.05) is 38.6 Å².